The molecular formula is C9H14S. The van der Waals surface area contributed by atoms with Crippen LogP contribution in [0.5, 0.6) is 0 Å². The topological polar surface area (TPSA) is 0 Å². The summed E-state index contributed by atoms with van der Waals surface area (Å²) in [6, 6.07) is 0. The fraction of sp³-hybridized carbons (Fsp3) is 0.778. The van der Waals surface area contributed by atoms with Crippen molar-refractivity contribution in [3.63, 3.8) is 0 Å². The van der Waals surface area contributed by atoms with Gasteiger partial charge in [0.25, 0.3) is 0 Å². The van der Waals surface area contributed by atoms with E-state index in [1.165, 1.54) is 17.9 Å². The zero-order valence-corrected chi connectivity index (χ0v) is 7.23. The summed E-state index contributed by atoms with van der Waals surface area (Å²) >= 11 is 2.13. The Bertz CT molecular complexity index is 151. The van der Waals surface area contributed by atoms with Gasteiger partial charge in [0.15, 0.2) is 0 Å². The summed E-state index contributed by atoms with van der Waals surface area (Å²) < 4.78 is 0. The highest BCUT2D eigenvalue weighted by Crippen LogP contribution is 2.38. The molecule has 0 bridgehead atoms. The van der Waals surface area contributed by atoms with Gasteiger partial charge in [-0.3, -0.25) is 0 Å². The first kappa shape index (κ1) is 6.78. The molecule has 0 saturated carbocycles. The van der Waals surface area contributed by atoms with Crippen LogP contribution in [-0.2, 0) is 0 Å². The van der Waals surface area contributed by atoms with Gasteiger partial charge in [-0.2, -0.15) is 11.8 Å². The van der Waals surface area contributed by atoms with E-state index in [1.807, 2.05) is 0 Å². The number of hydrogen-bond acceptors (Lipinski definition) is 1. The minimum Gasteiger partial charge on any atom is -0.161 e. The van der Waals surface area contributed by atoms with Crippen molar-refractivity contribution in [1.29, 1.82) is 0 Å². The number of rotatable bonds is 0. The largest absolute Gasteiger partial charge is 0.161 e. The zero-order chi connectivity index (χ0) is 6.97. The molecule has 0 spiro atoms. The molecule has 1 heteroatoms. The van der Waals surface area contributed by atoms with Crippen LogP contribution in [0.1, 0.15) is 13.3 Å². The summed E-state index contributed by atoms with van der Waals surface area (Å²) in [7, 11) is 0. The van der Waals surface area contributed by atoms with Crippen LogP contribution < -0.4 is 0 Å². The van der Waals surface area contributed by atoms with Gasteiger partial charge < -0.3 is 0 Å². The first-order valence-electron chi connectivity index (χ1n) is 4.12. The Morgan fingerprint density at radius 3 is 3.10 bits per heavy atom. The Kier molecular flexibility index (Phi) is 1.77. The van der Waals surface area contributed by atoms with E-state index in [0.717, 1.165) is 17.8 Å². The van der Waals surface area contributed by atoms with Crippen molar-refractivity contribution < 1.29 is 0 Å². The average Bonchev–Trinajstić information content (AvgIpc) is 2.33. The van der Waals surface area contributed by atoms with Crippen LogP contribution in [-0.4, -0.2) is 11.5 Å². The highest BCUT2D eigenvalue weighted by Gasteiger charge is 2.29. The molecule has 10 heavy (non-hydrogen) atoms. The number of fused-ring (bicyclic) bond motifs is 1. The second-order valence-electron chi connectivity index (χ2n) is 3.56. The Labute approximate surface area is 67.1 Å². The van der Waals surface area contributed by atoms with Crippen LogP contribution in [0.15, 0.2) is 12.2 Å². The van der Waals surface area contributed by atoms with Crippen molar-refractivity contribution in [1.82, 2.24) is 0 Å². The first-order chi connectivity index (χ1) is 4.86. The molecule has 0 unspecified atom stereocenters. The van der Waals surface area contributed by atoms with E-state index in [-0.39, 0.29) is 0 Å². The van der Waals surface area contributed by atoms with E-state index < -0.39 is 0 Å². The maximum atomic E-state index is 2.44. The van der Waals surface area contributed by atoms with Crippen molar-refractivity contribution in [2.45, 2.75) is 13.3 Å². The van der Waals surface area contributed by atoms with Gasteiger partial charge in [-0.05, 0) is 35.7 Å². The summed E-state index contributed by atoms with van der Waals surface area (Å²) in [6.45, 7) is 2.33. The highest BCUT2D eigenvalue weighted by atomic mass is 32.2. The predicted molar refractivity (Wildman–Crippen MR) is 47.2 cm³/mol. The van der Waals surface area contributed by atoms with Crippen LogP contribution in [0.2, 0.25) is 0 Å². The second-order valence-corrected chi connectivity index (χ2v) is 4.63. The number of allylic oxidation sites excluding steroid dienone is 2. The van der Waals surface area contributed by atoms with Crippen LogP contribution in [0.4, 0.5) is 0 Å². The molecule has 1 aliphatic heterocycles. The quantitative estimate of drug-likeness (QED) is 0.483. The molecule has 2 rings (SSSR count). The van der Waals surface area contributed by atoms with E-state index >= 15 is 0 Å². The van der Waals surface area contributed by atoms with E-state index in [9.17, 15) is 0 Å². The summed E-state index contributed by atoms with van der Waals surface area (Å²) in [6.07, 6.45) is 6.28. The lowest BCUT2D eigenvalue weighted by atomic mass is 9.82. The second kappa shape index (κ2) is 2.61. The lowest BCUT2D eigenvalue weighted by molar-refractivity contribution is 0.388. The van der Waals surface area contributed by atoms with Crippen molar-refractivity contribution in [2.75, 3.05) is 11.5 Å². The van der Waals surface area contributed by atoms with E-state index in [4.69, 9.17) is 0 Å². The molecular weight excluding hydrogens is 140 g/mol. The molecule has 1 aliphatic carbocycles. The van der Waals surface area contributed by atoms with Gasteiger partial charge in [0, 0.05) is 0 Å². The molecule has 3 atom stereocenters. The third kappa shape index (κ3) is 1.12. The van der Waals surface area contributed by atoms with Crippen LogP contribution in [0.3, 0.4) is 0 Å². The van der Waals surface area contributed by atoms with Gasteiger partial charge in [-0.25, -0.2) is 0 Å². The smallest absolute Gasteiger partial charge is 0.000139 e. The fourth-order valence-electron chi connectivity index (χ4n) is 1.96. The minimum atomic E-state index is 0.847. The standard InChI is InChI=1S/C9H14S/c1-7-2-3-8-5-10-6-9(8)4-7/h2-3,7-9H,4-6H2,1H3/t7-,8-,9+/m1/s1. The Hall–Kier alpha value is 0.0900. The van der Waals surface area contributed by atoms with Crippen molar-refractivity contribution in [3.05, 3.63) is 12.2 Å². The monoisotopic (exact) mass is 154 g/mol. The van der Waals surface area contributed by atoms with Crippen LogP contribution >= 0.6 is 11.8 Å². The Morgan fingerprint density at radius 2 is 2.20 bits per heavy atom. The molecule has 56 valence electrons. The van der Waals surface area contributed by atoms with Gasteiger partial charge in [-0.15, -0.1) is 0 Å². The molecule has 0 amide bonds. The van der Waals surface area contributed by atoms with Crippen LogP contribution in [0.25, 0.3) is 0 Å². The molecule has 0 aromatic rings. The van der Waals surface area contributed by atoms with Gasteiger partial charge in [-0.1, -0.05) is 19.1 Å². The van der Waals surface area contributed by atoms with E-state index in [0.29, 0.717) is 0 Å². The third-order valence-electron chi connectivity index (χ3n) is 2.61. The summed E-state index contributed by atoms with van der Waals surface area (Å²) in [5.74, 6) is 5.60. The third-order valence-corrected chi connectivity index (χ3v) is 3.89. The lowest BCUT2D eigenvalue weighted by Gasteiger charge is -2.22. The fourth-order valence-corrected chi connectivity index (χ4v) is 3.44. The minimum absolute atomic E-state index is 0.847. The van der Waals surface area contributed by atoms with Crippen LogP contribution in [0, 0.1) is 17.8 Å². The molecule has 1 heterocycles. The molecule has 0 radical (unpaired) electrons. The number of thioether (sulfide) groups is 1. The zero-order valence-electron chi connectivity index (χ0n) is 6.42. The van der Waals surface area contributed by atoms with Gasteiger partial charge in [0.1, 0.15) is 0 Å². The molecule has 2 aliphatic rings. The predicted octanol–water partition coefficient (Wildman–Crippen LogP) is 2.56. The Morgan fingerprint density at radius 1 is 1.30 bits per heavy atom. The molecule has 0 aromatic heterocycles. The summed E-state index contributed by atoms with van der Waals surface area (Å²) in [5, 5.41) is 0. The lowest BCUT2D eigenvalue weighted by Crippen LogP contribution is -2.17. The van der Waals surface area contributed by atoms with Crippen molar-refractivity contribution in [3.8, 4) is 0 Å². The summed E-state index contributed by atoms with van der Waals surface area (Å²) in [4.78, 5) is 0. The van der Waals surface area contributed by atoms with Crippen molar-refractivity contribution in [2.24, 2.45) is 17.8 Å². The van der Waals surface area contributed by atoms with E-state index in [1.54, 1.807) is 0 Å². The maximum Gasteiger partial charge on any atom is -0.000139 e. The average molecular weight is 154 g/mol. The summed E-state index contributed by atoms with van der Waals surface area (Å²) in [5.41, 5.74) is 0. The van der Waals surface area contributed by atoms with Gasteiger partial charge in [0.05, 0.1) is 0 Å². The molecule has 0 nitrogen and oxygen atoms in total. The normalized spacial score (nSPS) is 45.5. The number of hydrogen-bond donors (Lipinski definition) is 0. The van der Waals surface area contributed by atoms with Gasteiger partial charge >= 0.3 is 0 Å². The Balaban J connectivity index is 2.09. The first-order valence-corrected chi connectivity index (χ1v) is 5.28. The van der Waals surface area contributed by atoms with E-state index in [2.05, 4.69) is 30.8 Å². The highest BCUT2D eigenvalue weighted by molar-refractivity contribution is 7.99. The molecule has 1 fully saturated rings. The molecule has 0 N–H and O–H groups in total. The van der Waals surface area contributed by atoms with Gasteiger partial charge in [0.2, 0.25) is 0 Å². The molecule has 1 saturated heterocycles. The maximum absolute atomic E-state index is 2.44. The van der Waals surface area contributed by atoms with Crippen molar-refractivity contribution >= 4 is 11.8 Å². The SMILES string of the molecule is C[C@@H]1C=C[C@@H]2CSC[C@@H]2C1. The molecule has 0 aromatic carbocycles.